The normalized spacial score (nSPS) is 14.6. The predicted octanol–water partition coefficient (Wildman–Crippen LogP) is 2.84. The van der Waals surface area contributed by atoms with E-state index in [4.69, 9.17) is 4.74 Å². The zero-order valence-corrected chi connectivity index (χ0v) is 14.8. The molecule has 0 bridgehead atoms. The molecule has 2 aromatic carbocycles. The summed E-state index contributed by atoms with van der Waals surface area (Å²) in [6.07, 6.45) is 1.43. The standard InChI is InChI=1S/C20H17FN2O4/c1-22-18(24)17(19(25)23(2)20(22)26)11-14-4-3-5-16(10-14)27-12-13-6-8-15(21)9-7-13/h3-11H,12H2,1-2H3. The number of benzene rings is 2. The second-order valence-electron chi connectivity index (χ2n) is 6.06. The van der Waals surface area contributed by atoms with Gasteiger partial charge in [-0.25, -0.2) is 9.18 Å². The highest BCUT2D eigenvalue weighted by Crippen LogP contribution is 2.21. The number of amides is 4. The van der Waals surface area contributed by atoms with Gasteiger partial charge in [-0.2, -0.15) is 0 Å². The lowest BCUT2D eigenvalue weighted by Crippen LogP contribution is -2.52. The Morgan fingerprint density at radius 1 is 0.963 bits per heavy atom. The summed E-state index contributed by atoms with van der Waals surface area (Å²) >= 11 is 0. The molecule has 1 saturated heterocycles. The first-order valence-electron chi connectivity index (χ1n) is 8.16. The van der Waals surface area contributed by atoms with Gasteiger partial charge in [0.25, 0.3) is 11.8 Å². The Labute approximate surface area is 155 Å². The highest BCUT2D eigenvalue weighted by molar-refractivity contribution is 6.30. The van der Waals surface area contributed by atoms with Crippen LogP contribution in [0.25, 0.3) is 6.08 Å². The van der Waals surface area contributed by atoms with E-state index in [1.54, 1.807) is 36.4 Å². The van der Waals surface area contributed by atoms with Gasteiger partial charge in [0.15, 0.2) is 0 Å². The molecule has 1 fully saturated rings. The van der Waals surface area contributed by atoms with Gasteiger partial charge in [0.05, 0.1) is 0 Å². The monoisotopic (exact) mass is 368 g/mol. The minimum absolute atomic E-state index is 0.102. The first-order valence-corrected chi connectivity index (χ1v) is 8.16. The number of rotatable bonds is 4. The Hall–Kier alpha value is -3.48. The average molecular weight is 368 g/mol. The number of ether oxygens (including phenoxy) is 1. The smallest absolute Gasteiger partial charge is 0.333 e. The largest absolute Gasteiger partial charge is 0.489 e. The van der Waals surface area contributed by atoms with Crippen LogP contribution >= 0.6 is 0 Å². The van der Waals surface area contributed by atoms with Crippen molar-refractivity contribution < 1.29 is 23.5 Å². The summed E-state index contributed by atoms with van der Waals surface area (Å²) in [6.45, 7) is 0.248. The SMILES string of the molecule is CN1C(=O)C(=Cc2cccc(OCc3ccc(F)cc3)c2)C(=O)N(C)C1=O. The molecule has 7 heteroatoms. The van der Waals surface area contributed by atoms with E-state index in [0.29, 0.717) is 11.3 Å². The molecule has 0 N–H and O–H groups in total. The van der Waals surface area contributed by atoms with Crippen LogP contribution in [-0.4, -0.2) is 41.7 Å². The van der Waals surface area contributed by atoms with Crippen LogP contribution in [0.3, 0.4) is 0 Å². The third-order valence-corrected chi connectivity index (χ3v) is 4.13. The summed E-state index contributed by atoms with van der Waals surface area (Å²) in [5.74, 6) is -1.09. The van der Waals surface area contributed by atoms with Crippen LogP contribution in [-0.2, 0) is 16.2 Å². The van der Waals surface area contributed by atoms with Crippen molar-refractivity contribution in [3.8, 4) is 5.75 Å². The molecule has 6 nitrogen and oxygen atoms in total. The highest BCUT2D eigenvalue weighted by Gasteiger charge is 2.37. The van der Waals surface area contributed by atoms with Crippen LogP contribution in [0.5, 0.6) is 5.75 Å². The number of hydrogen-bond acceptors (Lipinski definition) is 4. The van der Waals surface area contributed by atoms with Crippen molar-refractivity contribution in [1.29, 1.82) is 0 Å². The quantitative estimate of drug-likeness (QED) is 0.615. The van der Waals surface area contributed by atoms with Crippen molar-refractivity contribution in [3.05, 3.63) is 71.0 Å². The summed E-state index contributed by atoms with van der Waals surface area (Å²) in [5, 5.41) is 0. The molecule has 0 aliphatic carbocycles. The van der Waals surface area contributed by atoms with Gasteiger partial charge in [-0.1, -0.05) is 24.3 Å². The molecule has 1 aliphatic heterocycles. The number of urea groups is 1. The number of barbiturate groups is 1. The number of carbonyl (C=O) groups excluding carboxylic acids is 3. The minimum atomic E-state index is -0.668. The predicted molar refractivity (Wildman–Crippen MR) is 96.1 cm³/mol. The van der Waals surface area contributed by atoms with Crippen LogP contribution in [0.2, 0.25) is 0 Å². The Balaban J connectivity index is 1.79. The molecule has 0 spiro atoms. The summed E-state index contributed by atoms with van der Waals surface area (Å²) < 4.78 is 18.6. The zero-order valence-electron chi connectivity index (χ0n) is 14.8. The molecule has 1 heterocycles. The molecule has 2 aromatic rings. The Morgan fingerprint density at radius 2 is 1.59 bits per heavy atom. The van der Waals surface area contributed by atoms with E-state index in [9.17, 15) is 18.8 Å². The average Bonchev–Trinajstić information content (AvgIpc) is 2.68. The van der Waals surface area contributed by atoms with Crippen molar-refractivity contribution in [1.82, 2.24) is 9.80 Å². The van der Waals surface area contributed by atoms with Crippen molar-refractivity contribution in [2.24, 2.45) is 0 Å². The fraction of sp³-hybridized carbons (Fsp3) is 0.150. The van der Waals surface area contributed by atoms with Gasteiger partial charge in [0, 0.05) is 14.1 Å². The second kappa shape index (κ2) is 7.41. The summed E-state index contributed by atoms with van der Waals surface area (Å²) in [6, 6.07) is 12.1. The van der Waals surface area contributed by atoms with E-state index in [0.717, 1.165) is 15.4 Å². The summed E-state index contributed by atoms with van der Waals surface area (Å²) in [5.41, 5.74) is 1.29. The third-order valence-electron chi connectivity index (χ3n) is 4.13. The highest BCUT2D eigenvalue weighted by atomic mass is 19.1. The van der Waals surface area contributed by atoms with Crippen LogP contribution in [0, 0.1) is 5.82 Å². The van der Waals surface area contributed by atoms with Crippen LogP contribution in [0.15, 0.2) is 54.1 Å². The first-order chi connectivity index (χ1) is 12.9. The minimum Gasteiger partial charge on any atom is -0.489 e. The molecule has 0 saturated carbocycles. The maximum absolute atomic E-state index is 12.9. The van der Waals surface area contributed by atoms with E-state index >= 15 is 0 Å². The fourth-order valence-corrected chi connectivity index (χ4v) is 2.58. The van der Waals surface area contributed by atoms with E-state index in [1.165, 1.54) is 32.3 Å². The summed E-state index contributed by atoms with van der Waals surface area (Å²) in [7, 11) is 2.65. The van der Waals surface area contributed by atoms with Crippen LogP contribution in [0.1, 0.15) is 11.1 Å². The van der Waals surface area contributed by atoms with E-state index in [1.807, 2.05) is 0 Å². The molecule has 0 unspecified atom stereocenters. The third kappa shape index (κ3) is 3.87. The first kappa shape index (κ1) is 18.3. The second-order valence-corrected chi connectivity index (χ2v) is 6.06. The molecule has 0 aromatic heterocycles. The maximum atomic E-state index is 12.9. The number of likely N-dealkylation sites (N-methyl/N-ethyl adjacent to an activating group) is 2. The molecule has 27 heavy (non-hydrogen) atoms. The van der Waals surface area contributed by atoms with Crippen molar-refractivity contribution in [2.45, 2.75) is 6.61 Å². The number of nitrogens with zero attached hydrogens (tertiary/aromatic N) is 2. The van der Waals surface area contributed by atoms with Crippen molar-refractivity contribution in [2.75, 3.05) is 14.1 Å². The van der Waals surface area contributed by atoms with Crippen LogP contribution < -0.4 is 4.74 Å². The Kier molecular flexibility index (Phi) is 5.03. The molecule has 4 amide bonds. The van der Waals surface area contributed by atoms with Crippen molar-refractivity contribution >= 4 is 23.9 Å². The Bertz CT molecular complexity index is 911. The zero-order chi connectivity index (χ0) is 19.6. The fourth-order valence-electron chi connectivity index (χ4n) is 2.58. The van der Waals surface area contributed by atoms with Gasteiger partial charge in [-0.05, 0) is 41.5 Å². The van der Waals surface area contributed by atoms with Crippen molar-refractivity contribution in [3.63, 3.8) is 0 Å². The van der Waals surface area contributed by atoms with Gasteiger partial charge >= 0.3 is 6.03 Å². The number of hydrogen-bond donors (Lipinski definition) is 0. The lowest BCUT2D eigenvalue weighted by atomic mass is 10.1. The van der Waals surface area contributed by atoms with Gasteiger partial charge in [-0.15, -0.1) is 0 Å². The molecule has 0 radical (unpaired) electrons. The van der Waals surface area contributed by atoms with E-state index < -0.39 is 17.8 Å². The van der Waals surface area contributed by atoms with Gasteiger partial charge < -0.3 is 4.74 Å². The van der Waals surface area contributed by atoms with Gasteiger partial charge in [-0.3, -0.25) is 19.4 Å². The van der Waals surface area contributed by atoms with E-state index in [2.05, 4.69) is 0 Å². The lowest BCUT2D eigenvalue weighted by Gasteiger charge is -2.28. The van der Waals surface area contributed by atoms with Gasteiger partial charge in [0.2, 0.25) is 0 Å². The van der Waals surface area contributed by atoms with Gasteiger partial charge in [0.1, 0.15) is 23.7 Å². The number of imide groups is 2. The maximum Gasteiger partial charge on any atom is 0.333 e. The molecule has 1 aliphatic rings. The number of halogens is 1. The van der Waals surface area contributed by atoms with E-state index in [-0.39, 0.29) is 18.0 Å². The lowest BCUT2D eigenvalue weighted by molar-refractivity contribution is -0.134. The molecular formula is C20H17FN2O4. The molecule has 0 atom stereocenters. The topological polar surface area (TPSA) is 66.9 Å². The van der Waals surface area contributed by atoms with Crippen LogP contribution in [0.4, 0.5) is 9.18 Å². The Morgan fingerprint density at radius 3 is 2.22 bits per heavy atom. The molecule has 138 valence electrons. The summed E-state index contributed by atoms with van der Waals surface area (Å²) in [4.78, 5) is 38.1. The number of carbonyl (C=O) groups is 3. The molecule has 3 rings (SSSR count). The molecular weight excluding hydrogens is 351 g/mol.